The molecule has 11 heavy (non-hydrogen) atoms. The molecule has 0 aromatic heterocycles. The maximum Gasteiger partial charge on any atom is 0.302 e. The molecule has 0 spiro atoms. The normalized spacial score (nSPS) is 5.82. The maximum atomic E-state index is 9.82. The van der Waals surface area contributed by atoms with Crippen molar-refractivity contribution in [2.45, 2.75) is 13.8 Å². The van der Waals surface area contributed by atoms with Crippen LogP contribution in [0.5, 0.6) is 0 Å². The minimum Gasteiger partial charge on any atom is -0.466 e. The van der Waals surface area contributed by atoms with Crippen LogP contribution in [0.1, 0.15) is 13.8 Å². The molecular formula is C5H15Cl2NO3. The molecule has 0 saturated heterocycles. The Balaban J connectivity index is -0.0000000437. The van der Waals surface area contributed by atoms with Crippen molar-refractivity contribution in [3.63, 3.8) is 0 Å². The summed E-state index contributed by atoms with van der Waals surface area (Å²) in [7, 11) is 0. The summed E-state index contributed by atoms with van der Waals surface area (Å²) in [6.07, 6.45) is 0. The zero-order chi connectivity index (χ0) is 7.70. The molecule has 0 aliphatic rings. The van der Waals surface area contributed by atoms with E-state index < -0.39 is 0 Å². The average Bonchev–Trinajstić information content (AvgIpc) is 1.67. The van der Waals surface area contributed by atoms with Gasteiger partial charge in [0.1, 0.15) is 0 Å². The Bertz CT molecular complexity index is 72.7. The molecule has 5 N–H and O–H groups in total. The number of esters is 1. The van der Waals surface area contributed by atoms with E-state index >= 15 is 0 Å². The molecule has 0 bridgehead atoms. The van der Waals surface area contributed by atoms with Gasteiger partial charge >= 0.3 is 5.97 Å². The molecule has 0 rings (SSSR count). The fourth-order valence-corrected chi connectivity index (χ4v) is 0.203. The third kappa shape index (κ3) is 71.8. The molecular weight excluding hydrogens is 193 g/mol. The van der Waals surface area contributed by atoms with Crippen LogP contribution in [0.2, 0.25) is 0 Å². The van der Waals surface area contributed by atoms with Crippen LogP contribution in [-0.4, -0.2) is 23.4 Å². The quantitative estimate of drug-likeness (QED) is 0.520. The van der Waals surface area contributed by atoms with Gasteiger partial charge in [0.15, 0.2) is 0 Å². The molecule has 0 aromatic carbocycles. The molecule has 0 amide bonds. The van der Waals surface area contributed by atoms with E-state index in [9.17, 15) is 4.79 Å². The standard InChI is InChI=1S/C4H8O2.CH2Cl2.H3N.H2O/c1-3-6-4(2)5;2-1-3;;/h3H2,1-2H3;1H2;1H3;1H2. The van der Waals surface area contributed by atoms with Gasteiger partial charge in [0.25, 0.3) is 0 Å². The first-order valence-electron chi connectivity index (χ1n) is 2.44. The summed E-state index contributed by atoms with van der Waals surface area (Å²) in [5.74, 6) is -0.211. The van der Waals surface area contributed by atoms with Crippen LogP contribution in [0, 0.1) is 0 Å². The lowest BCUT2D eigenvalue weighted by Crippen LogP contribution is -1.95. The lowest BCUT2D eigenvalue weighted by molar-refractivity contribution is -0.140. The highest BCUT2D eigenvalue weighted by Crippen LogP contribution is 1.73. The monoisotopic (exact) mass is 207 g/mol. The van der Waals surface area contributed by atoms with E-state index in [0.29, 0.717) is 6.61 Å². The zero-order valence-electron chi connectivity index (χ0n) is 6.69. The number of hydrogen-bond donors (Lipinski definition) is 1. The fraction of sp³-hybridized carbons (Fsp3) is 0.800. The summed E-state index contributed by atoms with van der Waals surface area (Å²) in [5, 5.41) is 0.194. The summed E-state index contributed by atoms with van der Waals surface area (Å²) in [6.45, 7) is 3.65. The van der Waals surface area contributed by atoms with Crippen molar-refractivity contribution in [2.24, 2.45) is 0 Å². The molecule has 0 aromatic rings. The van der Waals surface area contributed by atoms with Gasteiger partial charge in [0.2, 0.25) is 0 Å². The molecule has 0 unspecified atom stereocenters. The van der Waals surface area contributed by atoms with E-state index in [2.05, 4.69) is 4.74 Å². The molecule has 6 heteroatoms. The third-order valence-electron chi connectivity index (χ3n) is 0.348. The number of halogens is 2. The van der Waals surface area contributed by atoms with Gasteiger partial charge in [-0.15, -0.1) is 23.2 Å². The molecule has 0 atom stereocenters. The smallest absolute Gasteiger partial charge is 0.302 e. The van der Waals surface area contributed by atoms with Crippen LogP contribution in [0.25, 0.3) is 0 Å². The second kappa shape index (κ2) is 22.5. The van der Waals surface area contributed by atoms with Crippen molar-refractivity contribution < 1.29 is 15.0 Å². The van der Waals surface area contributed by atoms with Gasteiger partial charge in [-0.25, -0.2) is 0 Å². The Kier molecular flexibility index (Phi) is 45.9. The second-order valence-corrected chi connectivity index (χ2v) is 1.83. The van der Waals surface area contributed by atoms with E-state index in [-0.39, 0.29) is 22.9 Å². The Labute approximate surface area is 76.7 Å². The summed E-state index contributed by atoms with van der Waals surface area (Å²) in [4.78, 5) is 9.82. The molecule has 72 valence electrons. The predicted molar refractivity (Wildman–Crippen MR) is 47.5 cm³/mol. The Morgan fingerprint density at radius 1 is 1.45 bits per heavy atom. The van der Waals surface area contributed by atoms with Crippen LogP contribution in [0.15, 0.2) is 0 Å². The largest absolute Gasteiger partial charge is 0.466 e. The van der Waals surface area contributed by atoms with Crippen LogP contribution in [0.4, 0.5) is 0 Å². The minimum atomic E-state index is -0.211. The maximum absolute atomic E-state index is 9.82. The van der Waals surface area contributed by atoms with Gasteiger partial charge in [0.05, 0.1) is 11.9 Å². The molecule has 0 fully saturated rings. The first-order valence-corrected chi connectivity index (χ1v) is 3.51. The van der Waals surface area contributed by atoms with Crippen LogP contribution in [-0.2, 0) is 9.53 Å². The molecule has 0 aliphatic heterocycles. The highest BCUT2D eigenvalue weighted by molar-refractivity contribution is 6.40. The SMILES string of the molecule is CCOC(C)=O.ClCCl.N.O. The molecule has 4 nitrogen and oxygen atoms in total. The van der Waals surface area contributed by atoms with Gasteiger partial charge < -0.3 is 16.4 Å². The van der Waals surface area contributed by atoms with Gasteiger partial charge in [0, 0.05) is 6.92 Å². The van der Waals surface area contributed by atoms with Gasteiger partial charge in [-0.3, -0.25) is 4.79 Å². The van der Waals surface area contributed by atoms with Crippen molar-refractivity contribution in [3.05, 3.63) is 0 Å². The van der Waals surface area contributed by atoms with Crippen molar-refractivity contribution >= 4 is 29.2 Å². The van der Waals surface area contributed by atoms with Gasteiger partial charge in [-0.1, -0.05) is 0 Å². The van der Waals surface area contributed by atoms with E-state index in [1.165, 1.54) is 6.92 Å². The average molecular weight is 208 g/mol. The lowest BCUT2D eigenvalue weighted by atomic mass is 10.8. The summed E-state index contributed by atoms with van der Waals surface area (Å²) < 4.78 is 4.40. The van der Waals surface area contributed by atoms with Crippen LogP contribution in [0.3, 0.4) is 0 Å². The van der Waals surface area contributed by atoms with E-state index in [4.69, 9.17) is 23.2 Å². The number of hydrogen-bond acceptors (Lipinski definition) is 3. The predicted octanol–water partition coefficient (Wildman–Crippen LogP) is 1.33. The van der Waals surface area contributed by atoms with Crippen molar-refractivity contribution in [1.82, 2.24) is 6.15 Å². The molecule has 0 aliphatic carbocycles. The minimum absolute atomic E-state index is 0. The number of alkyl halides is 2. The zero-order valence-corrected chi connectivity index (χ0v) is 8.21. The second-order valence-electron chi connectivity index (χ2n) is 1.03. The number of carbonyl (C=O) groups excluding carboxylic acids is 1. The van der Waals surface area contributed by atoms with Crippen LogP contribution >= 0.6 is 23.2 Å². The van der Waals surface area contributed by atoms with Gasteiger partial charge in [-0.2, -0.15) is 0 Å². The number of ether oxygens (including phenoxy) is 1. The molecule has 0 radical (unpaired) electrons. The van der Waals surface area contributed by atoms with Crippen molar-refractivity contribution in [3.8, 4) is 0 Å². The first kappa shape index (κ1) is 22.4. The fourth-order valence-electron chi connectivity index (χ4n) is 0.203. The Hall–Kier alpha value is -0.0300. The third-order valence-corrected chi connectivity index (χ3v) is 0.348. The highest BCUT2D eigenvalue weighted by Gasteiger charge is 1.81. The summed E-state index contributed by atoms with van der Waals surface area (Å²) in [6, 6.07) is 0. The Morgan fingerprint density at radius 2 is 1.73 bits per heavy atom. The van der Waals surface area contributed by atoms with Crippen LogP contribution < -0.4 is 6.15 Å². The Morgan fingerprint density at radius 3 is 1.73 bits per heavy atom. The molecule has 0 heterocycles. The number of rotatable bonds is 1. The van der Waals surface area contributed by atoms with E-state index in [1.807, 2.05) is 0 Å². The summed E-state index contributed by atoms with van der Waals surface area (Å²) >= 11 is 9.53. The lowest BCUT2D eigenvalue weighted by Gasteiger charge is -1.89. The first-order chi connectivity index (χ1) is 4.18. The highest BCUT2D eigenvalue weighted by atomic mass is 35.5. The van der Waals surface area contributed by atoms with Crippen molar-refractivity contribution in [1.29, 1.82) is 0 Å². The van der Waals surface area contributed by atoms with Gasteiger partial charge in [-0.05, 0) is 6.92 Å². The summed E-state index contributed by atoms with van der Waals surface area (Å²) in [5.41, 5.74) is 0. The molecule has 0 saturated carbocycles. The van der Waals surface area contributed by atoms with E-state index in [0.717, 1.165) is 0 Å². The van der Waals surface area contributed by atoms with E-state index in [1.54, 1.807) is 6.92 Å². The number of carbonyl (C=O) groups is 1. The topological polar surface area (TPSA) is 92.8 Å². The van der Waals surface area contributed by atoms with Crippen molar-refractivity contribution in [2.75, 3.05) is 11.9 Å².